The van der Waals surface area contributed by atoms with Gasteiger partial charge in [0.05, 0.1) is 0 Å². The molecule has 82 valence electrons. The van der Waals surface area contributed by atoms with Gasteiger partial charge in [-0.1, -0.05) is 12.8 Å². The van der Waals surface area contributed by atoms with Crippen molar-refractivity contribution in [2.45, 2.75) is 51.5 Å². The standard InChI is InChI=1S/C11H20ClNO/c1-9(10-5-2-3-6-10)13-11(14)7-4-8-12/h9-10H,2-8H2,1H3,(H,13,14). The number of carbonyl (C=O) groups excluding carboxylic acids is 1. The molecule has 1 aliphatic rings. The van der Waals surface area contributed by atoms with Crippen molar-refractivity contribution < 1.29 is 4.79 Å². The van der Waals surface area contributed by atoms with Gasteiger partial charge in [0.25, 0.3) is 0 Å². The van der Waals surface area contributed by atoms with Crippen LogP contribution in [0.3, 0.4) is 0 Å². The lowest BCUT2D eigenvalue weighted by Gasteiger charge is -2.20. The van der Waals surface area contributed by atoms with Crippen LogP contribution in [0.5, 0.6) is 0 Å². The summed E-state index contributed by atoms with van der Waals surface area (Å²) in [4.78, 5) is 11.4. The van der Waals surface area contributed by atoms with Crippen molar-refractivity contribution in [2.24, 2.45) is 5.92 Å². The maximum atomic E-state index is 11.4. The second-order valence-electron chi connectivity index (χ2n) is 4.19. The van der Waals surface area contributed by atoms with Crippen LogP contribution in [0.4, 0.5) is 0 Å². The van der Waals surface area contributed by atoms with Crippen molar-refractivity contribution in [3.63, 3.8) is 0 Å². The van der Waals surface area contributed by atoms with Crippen molar-refractivity contribution in [2.75, 3.05) is 5.88 Å². The lowest BCUT2D eigenvalue weighted by molar-refractivity contribution is -0.122. The van der Waals surface area contributed by atoms with E-state index >= 15 is 0 Å². The Balaban J connectivity index is 2.18. The van der Waals surface area contributed by atoms with E-state index in [1.165, 1.54) is 25.7 Å². The highest BCUT2D eigenvalue weighted by molar-refractivity contribution is 6.17. The van der Waals surface area contributed by atoms with Crippen molar-refractivity contribution in [1.82, 2.24) is 5.32 Å². The van der Waals surface area contributed by atoms with E-state index in [1.54, 1.807) is 0 Å². The van der Waals surface area contributed by atoms with E-state index in [9.17, 15) is 4.79 Å². The predicted molar refractivity (Wildman–Crippen MR) is 59.5 cm³/mol. The Hall–Kier alpha value is -0.240. The third-order valence-electron chi connectivity index (χ3n) is 3.03. The molecule has 1 rings (SSSR count). The van der Waals surface area contributed by atoms with Crippen LogP contribution in [0.15, 0.2) is 0 Å². The van der Waals surface area contributed by atoms with Gasteiger partial charge in [-0.2, -0.15) is 0 Å². The fraction of sp³-hybridized carbons (Fsp3) is 0.909. The number of carbonyl (C=O) groups is 1. The van der Waals surface area contributed by atoms with Gasteiger partial charge in [-0.3, -0.25) is 4.79 Å². The van der Waals surface area contributed by atoms with Gasteiger partial charge in [0, 0.05) is 18.3 Å². The van der Waals surface area contributed by atoms with E-state index in [2.05, 4.69) is 12.2 Å². The number of halogens is 1. The smallest absolute Gasteiger partial charge is 0.220 e. The van der Waals surface area contributed by atoms with Gasteiger partial charge in [-0.15, -0.1) is 11.6 Å². The Bertz CT molecular complexity index is 178. The fourth-order valence-corrected chi connectivity index (χ4v) is 2.26. The van der Waals surface area contributed by atoms with Crippen molar-refractivity contribution in [3.8, 4) is 0 Å². The Morgan fingerprint density at radius 3 is 2.71 bits per heavy atom. The van der Waals surface area contributed by atoms with Crippen LogP contribution in [-0.4, -0.2) is 17.8 Å². The lowest BCUT2D eigenvalue weighted by atomic mass is 10.00. The Labute approximate surface area is 91.4 Å². The molecular formula is C11H20ClNO. The molecule has 1 fully saturated rings. The van der Waals surface area contributed by atoms with Gasteiger partial charge in [-0.05, 0) is 32.1 Å². The van der Waals surface area contributed by atoms with E-state index in [0.29, 0.717) is 24.3 Å². The van der Waals surface area contributed by atoms with E-state index < -0.39 is 0 Å². The quantitative estimate of drug-likeness (QED) is 0.705. The highest BCUT2D eigenvalue weighted by Crippen LogP contribution is 2.27. The molecule has 0 aromatic rings. The van der Waals surface area contributed by atoms with Crippen LogP contribution in [0.1, 0.15) is 45.4 Å². The molecule has 0 bridgehead atoms. The minimum absolute atomic E-state index is 0.157. The van der Waals surface area contributed by atoms with Gasteiger partial charge in [0.15, 0.2) is 0 Å². The molecule has 0 spiro atoms. The molecule has 0 aromatic carbocycles. The summed E-state index contributed by atoms with van der Waals surface area (Å²) >= 11 is 5.53. The average molecular weight is 218 g/mol. The van der Waals surface area contributed by atoms with Crippen LogP contribution >= 0.6 is 11.6 Å². The summed E-state index contributed by atoms with van der Waals surface area (Å²) in [5.41, 5.74) is 0. The van der Waals surface area contributed by atoms with E-state index in [4.69, 9.17) is 11.6 Å². The molecular weight excluding hydrogens is 198 g/mol. The molecule has 1 N–H and O–H groups in total. The van der Waals surface area contributed by atoms with Crippen molar-refractivity contribution in [3.05, 3.63) is 0 Å². The van der Waals surface area contributed by atoms with Crippen LogP contribution in [0.25, 0.3) is 0 Å². The van der Waals surface area contributed by atoms with E-state index in [0.717, 1.165) is 6.42 Å². The summed E-state index contributed by atoms with van der Waals surface area (Å²) in [5, 5.41) is 3.06. The summed E-state index contributed by atoms with van der Waals surface area (Å²) in [6.45, 7) is 2.12. The molecule has 2 nitrogen and oxygen atoms in total. The molecule has 1 amide bonds. The highest BCUT2D eigenvalue weighted by Gasteiger charge is 2.22. The zero-order valence-electron chi connectivity index (χ0n) is 8.89. The monoisotopic (exact) mass is 217 g/mol. The lowest BCUT2D eigenvalue weighted by Crippen LogP contribution is -2.37. The Kier molecular flexibility index (Phi) is 5.31. The number of nitrogens with one attached hydrogen (secondary N) is 1. The molecule has 14 heavy (non-hydrogen) atoms. The Morgan fingerprint density at radius 2 is 2.14 bits per heavy atom. The first-order valence-corrected chi connectivity index (χ1v) is 6.13. The minimum atomic E-state index is 0.157. The third kappa shape index (κ3) is 3.87. The van der Waals surface area contributed by atoms with Crippen LogP contribution in [0, 0.1) is 5.92 Å². The normalized spacial score (nSPS) is 19.6. The number of rotatable bonds is 5. The zero-order valence-corrected chi connectivity index (χ0v) is 9.65. The van der Waals surface area contributed by atoms with E-state index in [-0.39, 0.29) is 5.91 Å². The second-order valence-corrected chi connectivity index (χ2v) is 4.57. The van der Waals surface area contributed by atoms with Gasteiger partial charge in [0.2, 0.25) is 5.91 Å². The highest BCUT2D eigenvalue weighted by atomic mass is 35.5. The molecule has 3 heteroatoms. The molecule has 0 radical (unpaired) electrons. The Morgan fingerprint density at radius 1 is 1.50 bits per heavy atom. The molecule has 1 aliphatic carbocycles. The van der Waals surface area contributed by atoms with Crippen molar-refractivity contribution >= 4 is 17.5 Å². The van der Waals surface area contributed by atoms with Gasteiger partial charge >= 0.3 is 0 Å². The number of alkyl halides is 1. The first kappa shape index (κ1) is 11.8. The second kappa shape index (κ2) is 6.28. The summed E-state index contributed by atoms with van der Waals surface area (Å²) in [7, 11) is 0. The largest absolute Gasteiger partial charge is 0.353 e. The number of amides is 1. The average Bonchev–Trinajstić information content (AvgIpc) is 2.67. The number of hydrogen-bond acceptors (Lipinski definition) is 1. The SMILES string of the molecule is CC(NC(=O)CCCCl)C1CCCC1. The topological polar surface area (TPSA) is 29.1 Å². The minimum Gasteiger partial charge on any atom is -0.353 e. The van der Waals surface area contributed by atoms with Crippen LogP contribution in [-0.2, 0) is 4.79 Å². The van der Waals surface area contributed by atoms with Crippen LogP contribution in [0.2, 0.25) is 0 Å². The predicted octanol–water partition coefficient (Wildman–Crippen LogP) is 2.70. The summed E-state index contributed by atoms with van der Waals surface area (Å²) in [6.07, 6.45) is 6.55. The summed E-state index contributed by atoms with van der Waals surface area (Å²) in [5.74, 6) is 1.44. The van der Waals surface area contributed by atoms with E-state index in [1.807, 2.05) is 0 Å². The molecule has 1 unspecified atom stereocenters. The first-order valence-electron chi connectivity index (χ1n) is 5.59. The molecule has 0 aliphatic heterocycles. The molecule has 0 heterocycles. The molecule has 1 saturated carbocycles. The van der Waals surface area contributed by atoms with Crippen LogP contribution < -0.4 is 5.32 Å². The third-order valence-corrected chi connectivity index (χ3v) is 3.30. The van der Waals surface area contributed by atoms with Crippen molar-refractivity contribution in [1.29, 1.82) is 0 Å². The molecule has 0 aromatic heterocycles. The molecule has 0 saturated heterocycles. The molecule has 1 atom stereocenters. The fourth-order valence-electron chi connectivity index (χ4n) is 2.13. The van der Waals surface area contributed by atoms with Gasteiger partial charge < -0.3 is 5.32 Å². The summed E-state index contributed by atoms with van der Waals surface area (Å²) in [6, 6.07) is 0.348. The number of hydrogen-bond donors (Lipinski definition) is 1. The summed E-state index contributed by atoms with van der Waals surface area (Å²) < 4.78 is 0. The maximum absolute atomic E-state index is 11.4. The van der Waals surface area contributed by atoms with Gasteiger partial charge in [0.1, 0.15) is 0 Å². The zero-order chi connectivity index (χ0) is 10.4. The maximum Gasteiger partial charge on any atom is 0.220 e. The van der Waals surface area contributed by atoms with Gasteiger partial charge in [-0.25, -0.2) is 0 Å². The first-order chi connectivity index (χ1) is 6.74.